The summed E-state index contributed by atoms with van der Waals surface area (Å²) in [7, 11) is 0. The number of nitrogen functional groups attached to an aromatic ring is 1. The summed E-state index contributed by atoms with van der Waals surface area (Å²) in [5.41, 5.74) is 9.79. The number of para-hydroxylation sites is 1. The minimum atomic E-state index is 0.663. The van der Waals surface area contributed by atoms with E-state index in [4.69, 9.17) is 15.1 Å². The number of hydrogen-bond donors (Lipinski definition) is 1. The predicted octanol–water partition coefficient (Wildman–Crippen LogP) is 5.02. The van der Waals surface area contributed by atoms with E-state index in [0.29, 0.717) is 11.4 Å². The lowest BCUT2D eigenvalue weighted by Gasteiger charge is -2.10. The Morgan fingerprint density at radius 2 is 1.68 bits per heavy atom. The molecule has 0 radical (unpaired) electrons. The van der Waals surface area contributed by atoms with E-state index in [9.17, 15) is 0 Å². The average molecular weight is 325 g/mol. The first-order chi connectivity index (χ1) is 12.3. The lowest BCUT2D eigenvalue weighted by molar-refractivity contribution is 0.576. The number of nitrogens with two attached hydrogens (primary N) is 1. The summed E-state index contributed by atoms with van der Waals surface area (Å²) in [6.45, 7) is 0. The highest BCUT2D eigenvalue weighted by molar-refractivity contribution is 6.11. The molecule has 25 heavy (non-hydrogen) atoms. The van der Waals surface area contributed by atoms with E-state index < -0.39 is 0 Å². The number of aromatic nitrogens is 2. The van der Waals surface area contributed by atoms with E-state index in [1.165, 1.54) is 0 Å². The monoisotopic (exact) mass is 325 g/mol. The van der Waals surface area contributed by atoms with E-state index >= 15 is 0 Å². The van der Waals surface area contributed by atoms with Crippen LogP contribution in [0.5, 0.6) is 0 Å². The molecule has 0 fully saturated rings. The lowest BCUT2D eigenvalue weighted by atomic mass is 10.1. The molecule has 0 aliphatic rings. The van der Waals surface area contributed by atoms with Crippen molar-refractivity contribution in [3.05, 3.63) is 79.1 Å². The van der Waals surface area contributed by atoms with Crippen LogP contribution in [0.15, 0.2) is 83.5 Å². The third-order valence-corrected chi connectivity index (χ3v) is 4.43. The highest BCUT2D eigenvalue weighted by Crippen LogP contribution is 2.36. The van der Waals surface area contributed by atoms with Crippen molar-refractivity contribution in [3.8, 4) is 17.3 Å². The molecule has 5 rings (SSSR count). The number of fused-ring (bicyclic) bond motifs is 3. The second-order valence-corrected chi connectivity index (χ2v) is 5.97. The molecular weight excluding hydrogens is 310 g/mol. The van der Waals surface area contributed by atoms with Crippen LogP contribution in [0, 0.1) is 0 Å². The predicted molar refractivity (Wildman–Crippen MR) is 101 cm³/mol. The van der Waals surface area contributed by atoms with Crippen molar-refractivity contribution in [1.82, 2.24) is 9.55 Å². The van der Waals surface area contributed by atoms with Gasteiger partial charge in [-0.25, -0.2) is 4.98 Å². The largest absolute Gasteiger partial charge is 0.461 e. The summed E-state index contributed by atoms with van der Waals surface area (Å²) >= 11 is 0. The molecule has 2 aromatic heterocycles. The summed E-state index contributed by atoms with van der Waals surface area (Å²) in [5, 5.41) is 2.21. The highest BCUT2D eigenvalue weighted by atomic mass is 16.3. The molecule has 120 valence electrons. The summed E-state index contributed by atoms with van der Waals surface area (Å²) in [4.78, 5) is 4.83. The molecule has 2 heterocycles. The van der Waals surface area contributed by atoms with Crippen LogP contribution in [-0.2, 0) is 0 Å². The Labute approximate surface area is 144 Å². The molecule has 0 bridgehead atoms. The minimum Gasteiger partial charge on any atom is -0.461 e. The van der Waals surface area contributed by atoms with Crippen LogP contribution in [0.4, 0.5) is 5.69 Å². The molecule has 0 atom stereocenters. The molecule has 4 nitrogen and oxygen atoms in total. The third-order valence-electron chi connectivity index (χ3n) is 4.43. The Hall–Kier alpha value is -3.53. The summed E-state index contributed by atoms with van der Waals surface area (Å²) in [6.07, 6.45) is 1.66. The molecule has 0 amide bonds. The first-order valence-electron chi connectivity index (χ1n) is 8.12. The quantitative estimate of drug-likeness (QED) is 0.464. The maximum atomic E-state index is 6.33. The van der Waals surface area contributed by atoms with Gasteiger partial charge in [-0.2, -0.15) is 0 Å². The van der Waals surface area contributed by atoms with Gasteiger partial charge in [0.2, 0.25) is 0 Å². The summed E-state index contributed by atoms with van der Waals surface area (Å²) in [6, 6.07) is 24.1. The van der Waals surface area contributed by atoms with E-state index in [1.807, 2.05) is 48.5 Å². The molecule has 0 aliphatic carbocycles. The Morgan fingerprint density at radius 1 is 0.880 bits per heavy atom. The van der Waals surface area contributed by atoms with Crippen LogP contribution >= 0.6 is 0 Å². The maximum absolute atomic E-state index is 6.33. The first kappa shape index (κ1) is 13.9. The van der Waals surface area contributed by atoms with Gasteiger partial charge >= 0.3 is 0 Å². The Balaban J connectivity index is 2.01. The van der Waals surface area contributed by atoms with Crippen LogP contribution in [0.3, 0.4) is 0 Å². The van der Waals surface area contributed by atoms with Crippen LogP contribution in [-0.4, -0.2) is 9.55 Å². The summed E-state index contributed by atoms with van der Waals surface area (Å²) in [5.74, 6) is 1.46. The van der Waals surface area contributed by atoms with Crippen LogP contribution in [0.1, 0.15) is 0 Å². The van der Waals surface area contributed by atoms with Gasteiger partial charge in [-0.3, -0.25) is 4.57 Å². The zero-order valence-corrected chi connectivity index (χ0v) is 13.4. The number of anilines is 1. The second-order valence-electron chi connectivity index (χ2n) is 5.97. The van der Waals surface area contributed by atoms with Gasteiger partial charge in [0, 0.05) is 11.1 Å². The van der Waals surface area contributed by atoms with Gasteiger partial charge in [0.05, 0.1) is 17.5 Å². The van der Waals surface area contributed by atoms with E-state index in [2.05, 4.69) is 28.8 Å². The highest BCUT2D eigenvalue weighted by Gasteiger charge is 2.19. The third kappa shape index (κ3) is 2.04. The number of benzene rings is 3. The first-order valence-corrected chi connectivity index (χ1v) is 8.12. The topological polar surface area (TPSA) is 57.0 Å². The molecule has 2 N–H and O–H groups in total. The molecular formula is C21H15N3O. The Morgan fingerprint density at radius 3 is 2.48 bits per heavy atom. The molecule has 0 aliphatic heterocycles. The van der Waals surface area contributed by atoms with Gasteiger partial charge in [-0.1, -0.05) is 42.5 Å². The lowest BCUT2D eigenvalue weighted by Crippen LogP contribution is -1.97. The van der Waals surface area contributed by atoms with Crippen molar-refractivity contribution in [2.45, 2.75) is 0 Å². The Kier molecular flexibility index (Phi) is 2.91. The van der Waals surface area contributed by atoms with Gasteiger partial charge in [0.25, 0.3) is 0 Å². The van der Waals surface area contributed by atoms with Crippen LogP contribution in [0.25, 0.3) is 39.1 Å². The van der Waals surface area contributed by atoms with Crippen molar-refractivity contribution >= 4 is 27.5 Å². The summed E-state index contributed by atoms with van der Waals surface area (Å²) < 4.78 is 7.76. The zero-order valence-electron chi connectivity index (χ0n) is 13.4. The molecule has 0 unspecified atom stereocenters. The van der Waals surface area contributed by atoms with Gasteiger partial charge in [0.15, 0.2) is 11.6 Å². The zero-order chi connectivity index (χ0) is 16.8. The van der Waals surface area contributed by atoms with Gasteiger partial charge in [-0.15, -0.1) is 0 Å². The SMILES string of the molecule is Nc1cc2ccccc2c2c1nc(-c1ccco1)n2-c1ccccc1. The second kappa shape index (κ2) is 5.24. The van der Waals surface area contributed by atoms with Crippen molar-refractivity contribution in [1.29, 1.82) is 0 Å². The number of hydrogen-bond acceptors (Lipinski definition) is 3. The van der Waals surface area contributed by atoms with Crippen molar-refractivity contribution in [2.24, 2.45) is 0 Å². The molecule has 0 saturated carbocycles. The molecule has 4 heteroatoms. The van der Waals surface area contributed by atoms with E-state index in [-0.39, 0.29) is 0 Å². The van der Waals surface area contributed by atoms with E-state index in [0.717, 1.165) is 33.3 Å². The Bertz CT molecular complexity index is 1190. The van der Waals surface area contributed by atoms with Crippen LogP contribution in [0.2, 0.25) is 0 Å². The van der Waals surface area contributed by atoms with Crippen LogP contribution < -0.4 is 5.73 Å². The minimum absolute atomic E-state index is 0.663. The van der Waals surface area contributed by atoms with Gasteiger partial charge < -0.3 is 10.2 Å². The van der Waals surface area contributed by atoms with E-state index in [1.54, 1.807) is 6.26 Å². The van der Waals surface area contributed by atoms with Crippen molar-refractivity contribution in [2.75, 3.05) is 5.73 Å². The van der Waals surface area contributed by atoms with Crippen molar-refractivity contribution in [3.63, 3.8) is 0 Å². The normalized spacial score (nSPS) is 11.4. The number of nitrogens with zero attached hydrogens (tertiary/aromatic N) is 2. The number of furan rings is 1. The maximum Gasteiger partial charge on any atom is 0.181 e. The molecule has 5 aromatic rings. The standard InChI is InChI=1S/C21H15N3O/c22-17-13-14-7-4-5-10-16(14)20-19(17)23-21(18-11-6-12-25-18)24(20)15-8-2-1-3-9-15/h1-13H,22H2. The fraction of sp³-hybridized carbons (Fsp3) is 0. The van der Waals surface area contributed by atoms with Gasteiger partial charge in [0.1, 0.15) is 5.52 Å². The average Bonchev–Trinajstić information content (AvgIpc) is 3.30. The molecule has 0 spiro atoms. The van der Waals surface area contributed by atoms with Crippen molar-refractivity contribution < 1.29 is 4.42 Å². The fourth-order valence-electron chi connectivity index (χ4n) is 3.34. The fourth-order valence-corrected chi connectivity index (χ4v) is 3.34. The molecule has 0 saturated heterocycles. The number of imidazole rings is 1. The number of rotatable bonds is 2. The smallest absolute Gasteiger partial charge is 0.181 e. The molecule has 3 aromatic carbocycles. The van der Waals surface area contributed by atoms with Gasteiger partial charge in [-0.05, 0) is 35.7 Å².